The maximum absolute atomic E-state index is 2.39. The Kier molecular flexibility index (Phi) is 8.24. The molecule has 0 aliphatic heterocycles. The predicted octanol–water partition coefficient (Wildman–Crippen LogP) is 15.3. The molecule has 10 aromatic carbocycles. The van der Waals surface area contributed by atoms with Crippen LogP contribution in [0.4, 0.5) is 17.1 Å². The van der Waals surface area contributed by atoms with E-state index in [-0.39, 0.29) is 0 Å². The van der Waals surface area contributed by atoms with Crippen LogP contribution in [-0.4, -0.2) is 0 Å². The smallest absolute Gasteiger partial charge is 0.0540 e. The van der Waals surface area contributed by atoms with E-state index >= 15 is 0 Å². The highest BCUT2D eigenvalue weighted by Gasteiger charge is 2.18. The summed E-state index contributed by atoms with van der Waals surface area (Å²) in [6, 6.07) is 81.4. The summed E-state index contributed by atoms with van der Waals surface area (Å²) in [5.41, 5.74) is 12.9. The molecule has 0 heterocycles. The largest absolute Gasteiger partial charge is 0.310 e. The van der Waals surface area contributed by atoms with E-state index in [1.165, 1.54) is 76.8 Å². The molecule has 0 N–H and O–H groups in total. The molecule has 0 fully saturated rings. The van der Waals surface area contributed by atoms with Crippen LogP contribution in [0, 0.1) is 0 Å². The van der Waals surface area contributed by atoms with Gasteiger partial charge in [-0.15, -0.1) is 0 Å². The van der Waals surface area contributed by atoms with Gasteiger partial charge >= 0.3 is 0 Å². The molecule has 0 aliphatic rings. The van der Waals surface area contributed by atoms with Crippen molar-refractivity contribution in [2.75, 3.05) is 4.90 Å². The maximum Gasteiger partial charge on any atom is 0.0540 e. The summed E-state index contributed by atoms with van der Waals surface area (Å²) in [6.45, 7) is 0. The summed E-state index contributed by atoms with van der Waals surface area (Å²) in [6.07, 6.45) is 0. The summed E-state index contributed by atoms with van der Waals surface area (Å²) in [7, 11) is 0. The molecule has 0 spiro atoms. The quantitative estimate of drug-likeness (QED) is 0.150. The molecule has 1 heteroatoms. The molecule has 0 radical (unpaired) electrons. The Morgan fingerprint density at radius 2 is 0.655 bits per heavy atom. The van der Waals surface area contributed by atoms with Gasteiger partial charge in [-0.25, -0.2) is 0 Å². The zero-order valence-electron chi connectivity index (χ0n) is 30.3. The van der Waals surface area contributed by atoms with Crippen molar-refractivity contribution < 1.29 is 0 Å². The number of nitrogens with zero attached hydrogens (tertiary/aromatic N) is 1. The fourth-order valence-electron chi connectivity index (χ4n) is 8.05. The van der Waals surface area contributed by atoms with Crippen LogP contribution in [0.3, 0.4) is 0 Å². The average Bonchev–Trinajstić information content (AvgIpc) is 3.27. The molecule has 10 rings (SSSR count). The lowest BCUT2D eigenvalue weighted by atomic mass is 9.94. The van der Waals surface area contributed by atoms with E-state index in [2.05, 4.69) is 229 Å². The van der Waals surface area contributed by atoms with E-state index in [1.54, 1.807) is 0 Å². The minimum absolute atomic E-state index is 1.10. The van der Waals surface area contributed by atoms with Gasteiger partial charge in [0.1, 0.15) is 0 Å². The van der Waals surface area contributed by atoms with Crippen molar-refractivity contribution in [1.29, 1.82) is 0 Å². The number of rotatable bonds is 7. The van der Waals surface area contributed by atoms with Crippen LogP contribution in [0.25, 0.3) is 76.8 Å². The van der Waals surface area contributed by atoms with Gasteiger partial charge in [-0.05, 0) is 108 Å². The highest BCUT2D eigenvalue weighted by atomic mass is 15.1. The second-order valence-electron chi connectivity index (χ2n) is 14.1. The fraction of sp³-hybridized carbons (Fsp3) is 0. The molecule has 258 valence electrons. The van der Waals surface area contributed by atoms with Gasteiger partial charge in [0.15, 0.2) is 0 Å². The van der Waals surface area contributed by atoms with Crippen LogP contribution in [0.5, 0.6) is 0 Å². The number of hydrogen-bond acceptors (Lipinski definition) is 1. The van der Waals surface area contributed by atoms with E-state index < -0.39 is 0 Å². The Morgan fingerprint density at radius 3 is 1.29 bits per heavy atom. The van der Waals surface area contributed by atoms with Gasteiger partial charge in [0, 0.05) is 16.9 Å². The Balaban J connectivity index is 1.06. The number of benzene rings is 10. The zero-order valence-corrected chi connectivity index (χ0v) is 30.3. The topological polar surface area (TPSA) is 3.24 Å². The van der Waals surface area contributed by atoms with Crippen LogP contribution in [0.2, 0.25) is 0 Å². The van der Waals surface area contributed by atoms with Gasteiger partial charge in [-0.1, -0.05) is 188 Å². The van der Waals surface area contributed by atoms with Crippen molar-refractivity contribution >= 4 is 49.4 Å². The number of para-hydroxylation sites is 1. The predicted molar refractivity (Wildman–Crippen MR) is 235 cm³/mol. The van der Waals surface area contributed by atoms with Crippen LogP contribution < -0.4 is 4.90 Å². The van der Waals surface area contributed by atoms with Gasteiger partial charge in [0.25, 0.3) is 0 Å². The van der Waals surface area contributed by atoms with E-state index in [9.17, 15) is 0 Å². The van der Waals surface area contributed by atoms with Crippen molar-refractivity contribution in [3.8, 4) is 44.5 Å². The molecule has 10 aromatic rings. The maximum atomic E-state index is 2.39. The molecular weight excluding hydrogens is 663 g/mol. The molecular formula is C54H37N. The lowest BCUT2D eigenvalue weighted by Gasteiger charge is -2.28. The van der Waals surface area contributed by atoms with Crippen molar-refractivity contribution in [3.63, 3.8) is 0 Å². The minimum Gasteiger partial charge on any atom is -0.310 e. The van der Waals surface area contributed by atoms with E-state index in [4.69, 9.17) is 0 Å². The number of fused-ring (bicyclic) bond motifs is 5. The van der Waals surface area contributed by atoms with Crippen molar-refractivity contribution in [2.24, 2.45) is 0 Å². The van der Waals surface area contributed by atoms with E-state index in [1.807, 2.05) is 0 Å². The SMILES string of the molecule is c1ccc(-c2ccc(-c3ccccc3N(c3ccc(-c4ccccc4)cc3)c3ccc(-c4ccc5ccc6c7ccccc7ccc6c5c4)cc3)cc2)cc1. The molecule has 1 nitrogen and oxygen atoms in total. The third-order valence-corrected chi connectivity index (χ3v) is 10.9. The summed E-state index contributed by atoms with van der Waals surface area (Å²) < 4.78 is 0. The molecule has 0 saturated carbocycles. The monoisotopic (exact) mass is 699 g/mol. The number of hydrogen-bond donors (Lipinski definition) is 0. The molecule has 0 bridgehead atoms. The van der Waals surface area contributed by atoms with Crippen LogP contribution in [-0.2, 0) is 0 Å². The Morgan fingerprint density at radius 1 is 0.236 bits per heavy atom. The van der Waals surface area contributed by atoms with Crippen LogP contribution >= 0.6 is 0 Å². The van der Waals surface area contributed by atoms with Crippen molar-refractivity contribution in [3.05, 3.63) is 224 Å². The highest BCUT2D eigenvalue weighted by Crippen LogP contribution is 2.42. The average molecular weight is 700 g/mol. The summed E-state index contributed by atoms with van der Waals surface area (Å²) >= 11 is 0. The van der Waals surface area contributed by atoms with Crippen LogP contribution in [0.1, 0.15) is 0 Å². The Labute approximate surface area is 322 Å². The summed E-state index contributed by atoms with van der Waals surface area (Å²) in [5.74, 6) is 0. The van der Waals surface area contributed by atoms with Gasteiger partial charge in [-0.2, -0.15) is 0 Å². The van der Waals surface area contributed by atoms with Crippen molar-refractivity contribution in [2.45, 2.75) is 0 Å². The number of anilines is 3. The second kappa shape index (κ2) is 14.0. The van der Waals surface area contributed by atoms with Gasteiger partial charge in [0.05, 0.1) is 5.69 Å². The fourth-order valence-corrected chi connectivity index (χ4v) is 8.05. The molecule has 0 aromatic heterocycles. The summed E-state index contributed by atoms with van der Waals surface area (Å²) in [4.78, 5) is 2.39. The molecule has 0 unspecified atom stereocenters. The van der Waals surface area contributed by atoms with Crippen LogP contribution in [0.15, 0.2) is 224 Å². The third kappa shape index (κ3) is 6.12. The van der Waals surface area contributed by atoms with E-state index in [0.29, 0.717) is 0 Å². The first-order valence-corrected chi connectivity index (χ1v) is 18.9. The van der Waals surface area contributed by atoms with Gasteiger partial charge in [-0.3, -0.25) is 0 Å². The Hall–Kier alpha value is -7.22. The highest BCUT2D eigenvalue weighted by molar-refractivity contribution is 6.17. The lowest BCUT2D eigenvalue weighted by Crippen LogP contribution is -2.11. The van der Waals surface area contributed by atoms with Gasteiger partial charge in [0.2, 0.25) is 0 Å². The standard InChI is InChI=1S/C54H37N/c1-3-11-38(12-4-1)40-19-21-44(22-20-40)50-17-9-10-18-54(50)55(47-31-25-41(26-32-47)39-13-5-2-6-14-39)48-33-27-42(28-34-48)46-24-23-45-30-35-51-49-16-8-7-15-43(49)29-36-52(51)53(45)37-46/h1-37H. The van der Waals surface area contributed by atoms with E-state index in [0.717, 1.165) is 17.1 Å². The minimum atomic E-state index is 1.10. The normalized spacial score (nSPS) is 11.3. The zero-order chi connectivity index (χ0) is 36.6. The second-order valence-corrected chi connectivity index (χ2v) is 14.1. The van der Waals surface area contributed by atoms with Crippen molar-refractivity contribution in [1.82, 2.24) is 0 Å². The molecule has 0 amide bonds. The first-order valence-electron chi connectivity index (χ1n) is 18.9. The molecule has 55 heavy (non-hydrogen) atoms. The molecule has 0 saturated heterocycles. The molecule has 0 atom stereocenters. The lowest BCUT2D eigenvalue weighted by molar-refractivity contribution is 1.28. The Bertz CT molecular complexity index is 2930. The molecule has 0 aliphatic carbocycles. The third-order valence-electron chi connectivity index (χ3n) is 10.9. The first kappa shape index (κ1) is 32.4. The van der Waals surface area contributed by atoms with Gasteiger partial charge < -0.3 is 4.90 Å². The first-order chi connectivity index (χ1) is 27.3. The summed E-state index contributed by atoms with van der Waals surface area (Å²) in [5, 5.41) is 7.67.